The number of carboxylic acids is 3. The number of nitrogens with two attached hydrogens (primary N) is 2. The Morgan fingerprint density at radius 3 is 1.68 bits per heavy atom. The highest BCUT2D eigenvalue weighted by Gasteiger charge is 2.18. The van der Waals surface area contributed by atoms with E-state index < -0.39 is 36.1 Å². The summed E-state index contributed by atoms with van der Waals surface area (Å²) in [5.41, 5.74) is 0. The lowest BCUT2D eigenvalue weighted by molar-refractivity contribution is -0.710. The van der Waals surface area contributed by atoms with Crippen molar-refractivity contribution >= 4 is 17.9 Å². The van der Waals surface area contributed by atoms with Crippen molar-refractivity contribution in [1.29, 1.82) is 0 Å². The third kappa shape index (κ3) is 8.52. The van der Waals surface area contributed by atoms with Crippen LogP contribution in [0, 0.1) is 0 Å². The van der Waals surface area contributed by atoms with Crippen molar-refractivity contribution in [3.8, 4) is 0 Å². The normalized spacial score (nSPS) is 15.0. The molecular formula is C12H21N2O8-. The van der Waals surface area contributed by atoms with Gasteiger partial charge in [0.05, 0.1) is 43.5 Å². The van der Waals surface area contributed by atoms with E-state index in [-0.39, 0.29) is 39.0 Å². The maximum atomic E-state index is 10.9. The first-order valence-electron chi connectivity index (χ1n) is 6.87. The minimum absolute atomic E-state index is 0.0140. The SMILES string of the molecule is O=C([O-])C(O)CC[NH2+][C@@H](CC[NH2+][C@@H](CCO)C(=O)[O-])C(=O)[O-]. The highest BCUT2D eigenvalue weighted by molar-refractivity contribution is 5.70. The molecule has 0 aromatic carbocycles. The lowest BCUT2D eigenvalue weighted by Gasteiger charge is -2.19. The van der Waals surface area contributed by atoms with Crippen LogP contribution in [0.25, 0.3) is 0 Å². The molecule has 0 aliphatic heterocycles. The molecule has 0 aliphatic rings. The first-order chi connectivity index (χ1) is 10.3. The van der Waals surface area contributed by atoms with Crippen LogP contribution in [0.4, 0.5) is 0 Å². The average Bonchev–Trinajstić information content (AvgIpc) is 2.43. The number of carbonyl (C=O) groups excluding carboxylic acids is 3. The van der Waals surface area contributed by atoms with Crippen LogP contribution in [0.15, 0.2) is 0 Å². The Morgan fingerprint density at radius 1 is 0.818 bits per heavy atom. The van der Waals surface area contributed by atoms with Gasteiger partial charge in [0.25, 0.3) is 0 Å². The summed E-state index contributed by atoms with van der Waals surface area (Å²) in [6, 6.07) is -1.96. The minimum Gasteiger partial charge on any atom is -0.547 e. The zero-order valence-electron chi connectivity index (χ0n) is 12.0. The summed E-state index contributed by atoms with van der Waals surface area (Å²) in [6.45, 7) is -0.141. The summed E-state index contributed by atoms with van der Waals surface area (Å²) in [6.07, 6.45) is -1.79. The van der Waals surface area contributed by atoms with Gasteiger partial charge in [0.1, 0.15) is 12.1 Å². The Balaban J connectivity index is 4.17. The predicted octanol–water partition coefficient (Wildman–Crippen LogP) is -8.38. The Kier molecular flexibility index (Phi) is 10.0. The van der Waals surface area contributed by atoms with E-state index >= 15 is 0 Å². The molecule has 0 aromatic heterocycles. The number of rotatable bonds is 13. The predicted molar refractivity (Wildman–Crippen MR) is 63.1 cm³/mol. The summed E-state index contributed by atoms with van der Waals surface area (Å²) in [5, 5.41) is 52.3. The fourth-order valence-corrected chi connectivity index (χ4v) is 1.85. The van der Waals surface area contributed by atoms with Crippen molar-refractivity contribution in [3.63, 3.8) is 0 Å². The summed E-state index contributed by atoms with van der Waals surface area (Å²) < 4.78 is 0. The summed E-state index contributed by atoms with van der Waals surface area (Å²) >= 11 is 0. The average molecular weight is 321 g/mol. The van der Waals surface area contributed by atoms with Crippen molar-refractivity contribution in [2.75, 3.05) is 19.7 Å². The van der Waals surface area contributed by atoms with Crippen LogP contribution in [0.2, 0.25) is 0 Å². The van der Waals surface area contributed by atoms with Crippen LogP contribution >= 0.6 is 0 Å². The highest BCUT2D eigenvalue weighted by atomic mass is 16.4. The molecule has 0 fully saturated rings. The quantitative estimate of drug-likeness (QED) is 0.256. The van der Waals surface area contributed by atoms with Gasteiger partial charge in [0.15, 0.2) is 0 Å². The number of aliphatic hydroxyl groups is 2. The van der Waals surface area contributed by atoms with Crippen LogP contribution in [-0.2, 0) is 14.4 Å². The molecule has 0 aromatic rings. The maximum Gasteiger partial charge on any atom is 0.131 e. The minimum atomic E-state index is -1.67. The molecule has 0 spiro atoms. The van der Waals surface area contributed by atoms with Crippen LogP contribution in [0.1, 0.15) is 19.3 Å². The van der Waals surface area contributed by atoms with Gasteiger partial charge in [-0.2, -0.15) is 0 Å². The van der Waals surface area contributed by atoms with E-state index in [9.17, 15) is 29.7 Å². The summed E-state index contributed by atoms with van der Waals surface area (Å²) in [4.78, 5) is 31.9. The topological polar surface area (TPSA) is 194 Å². The van der Waals surface area contributed by atoms with E-state index in [4.69, 9.17) is 10.2 Å². The van der Waals surface area contributed by atoms with Crippen LogP contribution < -0.4 is 26.0 Å². The Morgan fingerprint density at radius 2 is 1.27 bits per heavy atom. The molecule has 0 heterocycles. The van der Waals surface area contributed by atoms with Crippen molar-refractivity contribution in [3.05, 3.63) is 0 Å². The fourth-order valence-electron chi connectivity index (χ4n) is 1.85. The molecule has 1 unspecified atom stereocenters. The van der Waals surface area contributed by atoms with Gasteiger partial charge < -0.3 is 50.5 Å². The lowest BCUT2D eigenvalue weighted by atomic mass is 10.1. The third-order valence-electron chi connectivity index (χ3n) is 3.14. The zero-order chi connectivity index (χ0) is 17.1. The molecular weight excluding hydrogens is 300 g/mol. The van der Waals surface area contributed by atoms with Gasteiger partial charge in [-0.3, -0.25) is 0 Å². The Labute approximate surface area is 126 Å². The number of aliphatic hydroxyl groups excluding tert-OH is 2. The van der Waals surface area contributed by atoms with E-state index in [1.54, 1.807) is 0 Å². The Bertz CT molecular complexity index is 376. The Hall–Kier alpha value is -1.75. The van der Waals surface area contributed by atoms with Gasteiger partial charge in [-0.05, 0) is 0 Å². The van der Waals surface area contributed by atoms with Crippen molar-refractivity contribution < 1.29 is 50.5 Å². The molecule has 10 heteroatoms. The molecule has 6 N–H and O–H groups in total. The van der Waals surface area contributed by atoms with E-state index in [0.717, 1.165) is 0 Å². The van der Waals surface area contributed by atoms with E-state index in [1.807, 2.05) is 0 Å². The number of carbonyl (C=O) groups is 3. The second-order valence-corrected chi connectivity index (χ2v) is 4.82. The number of carboxylic acid groups (broad SMARTS) is 3. The van der Waals surface area contributed by atoms with E-state index in [1.165, 1.54) is 10.6 Å². The van der Waals surface area contributed by atoms with Crippen LogP contribution in [0.5, 0.6) is 0 Å². The van der Waals surface area contributed by atoms with Crippen LogP contribution in [0.3, 0.4) is 0 Å². The molecule has 0 amide bonds. The molecule has 0 radical (unpaired) electrons. The van der Waals surface area contributed by atoms with Gasteiger partial charge in [-0.15, -0.1) is 0 Å². The second-order valence-electron chi connectivity index (χ2n) is 4.82. The summed E-state index contributed by atoms with van der Waals surface area (Å²) in [5.74, 6) is -4.35. The number of hydrogen-bond acceptors (Lipinski definition) is 8. The molecule has 3 atom stereocenters. The van der Waals surface area contributed by atoms with Gasteiger partial charge in [0.2, 0.25) is 0 Å². The monoisotopic (exact) mass is 321 g/mol. The molecule has 0 bridgehead atoms. The van der Waals surface area contributed by atoms with Crippen molar-refractivity contribution in [2.45, 2.75) is 37.5 Å². The smallest absolute Gasteiger partial charge is 0.131 e. The molecule has 0 aliphatic carbocycles. The number of hydrogen-bond donors (Lipinski definition) is 4. The fraction of sp³-hybridized carbons (Fsp3) is 0.750. The summed E-state index contributed by atoms with van der Waals surface area (Å²) in [7, 11) is 0. The first-order valence-corrected chi connectivity index (χ1v) is 6.87. The molecule has 0 saturated heterocycles. The molecule has 128 valence electrons. The molecule has 10 nitrogen and oxygen atoms in total. The highest BCUT2D eigenvalue weighted by Crippen LogP contribution is 1.87. The van der Waals surface area contributed by atoms with Gasteiger partial charge >= 0.3 is 0 Å². The number of quaternary nitrogens is 2. The second kappa shape index (κ2) is 10.9. The molecule has 22 heavy (non-hydrogen) atoms. The van der Waals surface area contributed by atoms with Gasteiger partial charge in [0, 0.05) is 19.4 Å². The van der Waals surface area contributed by atoms with Crippen molar-refractivity contribution in [2.24, 2.45) is 0 Å². The van der Waals surface area contributed by atoms with Gasteiger partial charge in [-0.25, -0.2) is 0 Å². The first kappa shape index (κ1) is 20.2. The molecule has 0 rings (SSSR count). The van der Waals surface area contributed by atoms with Gasteiger partial charge in [-0.1, -0.05) is 0 Å². The molecule has 0 saturated carbocycles. The van der Waals surface area contributed by atoms with Crippen molar-refractivity contribution in [1.82, 2.24) is 0 Å². The largest absolute Gasteiger partial charge is 0.547 e. The van der Waals surface area contributed by atoms with E-state index in [2.05, 4.69) is 0 Å². The lowest BCUT2D eigenvalue weighted by Crippen LogP contribution is -2.97. The van der Waals surface area contributed by atoms with E-state index in [0.29, 0.717) is 0 Å². The zero-order valence-corrected chi connectivity index (χ0v) is 12.0. The third-order valence-corrected chi connectivity index (χ3v) is 3.14. The maximum absolute atomic E-state index is 10.9. The van der Waals surface area contributed by atoms with Crippen LogP contribution in [-0.4, -0.2) is 66.0 Å². The number of aliphatic carboxylic acids is 3. The standard InChI is InChI=1S/C12H22N2O8/c15-6-3-8(11(19)20)13-4-1-7(10(17)18)14-5-2-9(16)12(21)22/h7-9,13-16H,1-6H2,(H,17,18)(H,19,20)(H,21,22)/p-1/t7-,8-,9?/m0/s1.